The highest BCUT2D eigenvalue weighted by Gasteiger charge is 2.50. The summed E-state index contributed by atoms with van der Waals surface area (Å²) in [6.45, 7) is 4.57. The van der Waals surface area contributed by atoms with Crippen molar-refractivity contribution < 1.29 is 34.0 Å². The van der Waals surface area contributed by atoms with E-state index in [2.05, 4.69) is 0 Å². The number of aliphatic hydroxyl groups excluding tert-OH is 1. The number of aliphatic hydroxyl groups is 1. The van der Waals surface area contributed by atoms with Crippen molar-refractivity contribution in [3.8, 4) is 11.5 Å². The Labute approximate surface area is 191 Å². The summed E-state index contributed by atoms with van der Waals surface area (Å²) in [7, 11) is 1.50. The topological polar surface area (TPSA) is 102 Å². The second kappa shape index (κ2) is 12.1. The second-order valence-electron chi connectivity index (χ2n) is 8.96. The Bertz CT molecular complexity index is 753. The van der Waals surface area contributed by atoms with Crippen molar-refractivity contribution in [1.29, 1.82) is 0 Å². The van der Waals surface area contributed by atoms with Crippen molar-refractivity contribution in [2.24, 2.45) is 5.41 Å². The molecule has 0 amide bonds. The molecule has 7 nitrogen and oxygen atoms in total. The highest BCUT2D eigenvalue weighted by molar-refractivity contribution is 5.67. The summed E-state index contributed by atoms with van der Waals surface area (Å²) in [5.41, 5.74) is 0.514. The lowest BCUT2D eigenvalue weighted by Crippen LogP contribution is -2.47. The van der Waals surface area contributed by atoms with Gasteiger partial charge >= 0.3 is 11.9 Å². The minimum Gasteiger partial charge on any atom is -0.504 e. The number of methoxy groups -OCH3 is 1. The fourth-order valence-electron chi connectivity index (χ4n) is 4.99. The van der Waals surface area contributed by atoms with Gasteiger partial charge in [0.1, 0.15) is 12.2 Å². The molecule has 32 heavy (non-hydrogen) atoms. The maximum absolute atomic E-state index is 12.0. The molecule has 2 N–H and O–H groups in total. The Morgan fingerprint density at radius 1 is 1.03 bits per heavy atom. The van der Waals surface area contributed by atoms with Gasteiger partial charge in [0.2, 0.25) is 0 Å². The normalized spacial score (nSPS) is 17.9. The van der Waals surface area contributed by atoms with Gasteiger partial charge in [-0.1, -0.05) is 18.9 Å². The van der Waals surface area contributed by atoms with Gasteiger partial charge < -0.3 is 24.4 Å². The van der Waals surface area contributed by atoms with Crippen LogP contribution in [0.3, 0.4) is 0 Å². The van der Waals surface area contributed by atoms with Crippen molar-refractivity contribution in [3.05, 3.63) is 23.8 Å². The fraction of sp³-hybridized carbons (Fsp3) is 0.680. The summed E-state index contributed by atoms with van der Waals surface area (Å²) in [5.74, 6) is -0.218. The third-order valence-electron chi connectivity index (χ3n) is 6.46. The van der Waals surface area contributed by atoms with Crippen LogP contribution in [0, 0.1) is 5.41 Å². The zero-order chi connectivity index (χ0) is 23.7. The van der Waals surface area contributed by atoms with Gasteiger partial charge in [-0.15, -0.1) is 0 Å². The highest BCUT2D eigenvalue weighted by Crippen LogP contribution is 2.49. The average Bonchev–Trinajstić information content (AvgIpc) is 3.21. The summed E-state index contributed by atoms with van der Waals surface area (Å²) in [6.07, 6.45) is 5.57. The molecule has 0 aromatic heterocycles. The molecule has 0 saturated heterocycles. The molecule has 0 bridgehead atoms. The van der Waals surface area contributed by atoms with E-state index < -0.39 is 17.6 Å². The van der Waals surface area contributed by atoms with Gasteiger partial charge in [-0.2, -0.15) is 0 Å². The molecule has 1 aromatic carbocycles. The van der Waals surface area contributed by atoms with Crippen LogP contribution >= 0.6 is 0 Å². The number of hydrogen-bond donors (Lipinski definition) is 2. The van der Waals surface area contributed by atoms with Crippen LogP contribution in [0.4, 0.5) is 0 Å². The molecule has 3 unspecified atom stereocenters. The smallest absolute Gasteiger partial charge is 0.302 e. The van der Waals surface area contributed by atoms with Crippen molar-refractivity contribution >= 4 is 11.9 Å². The van der Waals surface area contributed by atoms with E-state index in [4.69, 9.17) is 14.2 Å². The fourth-order valence-corrected chi connectivity index (χ4v) is 4.99. The first-order valence-corrected chi connectivity index (χ1v) is 11.6. The van der Waals surface area contributed by atoms with Crippen LogP contribution in [0.1, 0.15) is 77.7 Å². The van der Waals surface area contributed by atoms with Crippen LogP contribution < -0.4 is 4.74 Å². The van der Waals surface area contributed by atoms with Gasteiger partial charge in [-0.3, -0.25) is 9.59 Å². The quantitative estimate of drug-likeness (QED) is 0.458. The van der Waals surface area contributed by atoms with Crippen molar-refractivity contribution in [1.82, 2.24) is 0 Å². The van der Waals surface area contributed by atoms with Crippen LogP contribution in [-0.2, 0) is 25.5 Å². The minimum absolute atomic E-state index is 0.0769. The van der Waals surface area contributed by atoms with E-state index in [9.17, 15) is 19.8 Å². The average molecular weight is 451 g/mol. The van der Waals surface area contributed by atoms with E-state index in [-0.39, 0.29) is 23.8 Å². The Morgan fingerprint density at radius 2 is 1.62 bits per heavy atom. The molecule has 0 radical (unpaired) electrons. The van der Waals surface area contributed by atoms with Gasteiger partial charge in [-0.05, 0) is 69.6 Å². The van der Waals surface area contributed by atoms with Crippen LogP contribution in [-0.4, -0.2) is 47.6 Å². The molecule has 2 rings (SSSR count). The van der Waals surface area contributed by atoms with Gasteiger partial charge in [0.05, 0.1) is 13.2 Å². The largest absolute Gasteiger partial charge is 0.504 e. The van der Waals surface area contributed by atoms with Crippen molar-refractivity contribution in [3.63, 3.8) is 0 Å². The summed E-state index contributed by atoms with van der Waals surface area (Å²) in [4.78, 5) is 24.0. The lowest BCUT2D eigenvalue weighted by Gasteiger charge is -2.42. The summed E-state index contributed by atoms with van der Waals surface area (Å²) >= 11 is 0. The molecule has 1 aromatic rings. The van der Waals surface area contributed by atoms with Gasteiger partial charge in [-0.25, -0.2) is 0 Å². The van der Waals surface area contributed by atoms with Crippen LogP contribution in [0.5, 0.6) is 11.5 Å². The Balaban J connectivity index is 2.28. The van der Waals surface area contributed by atoms with Crippen molar-refractivity contribution in [2.45, 2.75) is 96.9 Å². The SMILES string of the molecule is COc1cc(CCC(OC(C)=O)C2(C(CCCC(C)O)OC(C)=O)CCCC2)ccc1O. The molecule has 1 aliphatic carbocycles. The van der Waals surface area contributed by atoms with Gasteiger partial charge in [0, 0.05) is 19.3 Å². The number of esters is 2. The summed E-state index contributed by atoms with van der Waals surface area (Å²) in [6, 6.07) is 5.21. The predicted octanol–water partition coefficient (Wildman–Crippen LogP) is 4.31. The molecule has 1 saturated carbocycles. The number of phenolic OH excluding ortho intramolecular Hbond substituents is 1. The number of hydrogen-bond acceptors (Lipinski definition) is 7. The molecule has 180 valence electrons. The second-order valence-corrected chi connectivity index (χ2v) is 8.96. The molecule has 3 atom stereocenters. The first kappa shape index (κ1) is 26.0. The van der Waals surface area contributed by atoms with E-state index in [1.807, 2.05) is 6.07 Å². The molecule has 1 aliphatic rings. The summed E-state index contributed by atoms with van der Waals surface area (Å²) in [5, 5.41) is 19.5. The number of carbonyl (C=O) groups excluding carboxylic acids is 2. The Hall–Kier alpha value is -2.28. The number of ether oxygens (including phenoxy) is 3. The lowest BCUT2D eigenvalue weighted by atomic mass is 9.71. The lowest BCUT2D eigenvalue weighted by molar-refractivity contribution is -0.174. The number of benzene rings is 1. The number of phenols is 1. The van der Waals surface area contributed by atoms with E-state index in [1.54, 1.807) is 19.1 Å². The molecule has 7 heteroatoms. The minimum atomic E-state index is -0.447. The summed E-state index contributed by atoms with van der Waals surface area (Å²) < 4.78 is 16.9. The predicted molar refractivity (Wildman–Crippen MR) is 121 cm³/mol. The molecule has 0 aliphatic heterocycles. The first-order valence-electron chi connectivity index (χ1n) is 11.6. The van der Waals surface area contributed by atoms with E-state index >= 15 is 0 Å². The number of carbonyl (C=O) groups is 2. The van der Waals surface area contributed by atoms with Crippen LogP contribution in [0.2, 0.25) is 0 Å². The molecule has 0 heterocycles. The molecule has 1 fully saturated rings. The van der Waals surface area contributed by atoms with Gasteiger partial charge in [0.15, 0.2) is 11.5 Å². The Morgan fingerprint density at radius 3 is 2.16 bits per heavy atom. The van der Waals surface area contributed by atoms with Crippen LogP contribution in [0.15, 0.2) is 18.2 Å². The maximum Gasteiger partial charge on any atom is 0.302 e. The molecule has 0 spiro atoms. The first-order chi connectivity index (χ1) is 15.2. The van der Waals surface area contributed by atoms with Crippen LogP contribution in [0.25, 0.3) is 0 Å². The third-order valence-corrected chi connectivity index (χ3v) is 6.46. The molecular formula is C25H38O7. The van der Waals surface area contributed by atoms with E-state index in [0.717, 1.165) is 37.7 Å². The molecular weight excluding hydrogens is 412 g/mol. The van der Waals surface area contributed by atoms with Gasteiger partial charge in [0.25, 0.3) is 0 Å². The highest BCUT2D eigenvalue weighted by atomic mass is 16.6. The standard InChI is InChI=1S/C25H38O7/c1-17(26)8-7-9-23(31-18(2)27)25(14-5-6-15-25)24(32-19(3)28)13-11-20-10-12-21(29)22(16-20)30-4/h10,12,16-17,23-24,26,29H,5-9,11,13-15H2,1-4H3. The van der Waals surface area contributed by atoms with E-state index in [0.29, 0.717) is 31.4 Å². The van der Waals surface area contributed by atoms with Crippen molar-refractivity contribution in [2.75, 3.05) is 7.11 Å². The zero-order valence-corrected chi connectivity index (χ0v) is 19.8. The maximum atomic E-state index is 12.0. The van der Waals surface area contributed by atoms with E-state index in [1.165, 1.54) is 21.0 Å². The zero-order valence-electron chi connectivity index (χ0n) is 19.8. The number of aromatic hydroxyl groups is 1. The number of aryl methyl sites for hydroxylation is 1. The monoisotopic (exact) mass is 450 g/mol. The number of rotatable bonds is 12. The third kappa shape index (κ3) is 7.12. The Kier molecular flexibility index (Phi) is 9.82.